The Labute approximate surface area is 144 Å². The molecule has 2 aromatic heterocycles. The van der Waals surface area contributed by atoms with Crippen LogP contribution >= 0.6 is 12.2 Å². The first kappa shape index (κ1) is 16.1. The van der Waals surface area contributed by atoms with Crippen molar-refractivity contribution in [2.45, 2.75) is 19.8 Å². The summed E-state index contributed by atoms with van der Waals surface area (Å²) in [7, 11) is 0. The molecule has 8 heteroatoms. The van der Waals surface area contributed by atoms with Gasteiger partial charge >= 0.3 is 5.97 Å². The molecule has 0 aliphatic carbocycles. The fraction of sp³-hybridized carbons (Fsp3) is 0.250. The van der Waals surface area contributed by atoms with Crippen LogP contribution in [0.1, 0.15) is 30.9 Å². The molecule has 1 aliphatic heterocycles. The lowest BCUT2D eigenvalue weighted by atomic mass is 9.82. The molecule has 4 N–H and O–H groups in total. The monoisotopic (exact) mass is 343 g/mol. The van der Waals surface area contributed by atoms with E-state index >= 15 is 0 Å². The van der Waals surface area contributed by atoms with Crippen molar-refractivity contribution in [3.8, 4) is 0 Å². The third-order valence-electron chi connectivity index (χ3n) is 3.80. The zero-order chi connectivity index (χ0) is 17.3. The van der Waals surface area contributed by atoms with Crippen LogP contribution in [0.4, 0.5) is 11.6 Å². The maximum atomic E-state index is 12.5. The number of nitrogens with zero attached hydrogens (tertiary/aromatic N) is 2. The van der Waals surface area contributed by atoms with Crippen LogP contribution in [0.2, 0.25) is 0 Å². The summed E-state index contributed by atoms with van der Waals surface area (Å²) in [6.07, 6.45) is 3.37. The van der Waals surface area contributed by atoms with Gasteiger partial charge in [-0.15, -0.1) is 0 Å². The maximum absolute atomic E-state index is 12.5. The number of hydrogen-bond donors (Lipinski definition) is 3. The van der Waals surface area contributed by atoms with Gasteiger partial charge in [-0.25, -0.2) is 9.78 Å². The van der Waals surface area contributed by atoms with E-state index in [2.05, 4.69) is 20.3 Å². The standard InChI is InChI=1S/C16H17N5O2S/c1-3-23-15(22)10-8(2)19-14-12(13(17)20-16(24)21-14)11(10)9-5-4-6-18-7-9/h4-7,11H,3H2,1-2H3,(H4,17,19,20,21,24). The van der Waals surface area contributed by atoms with E-state index in [1.54, 1.807) is 26.2 Å². The van der Waals surface area contributed by atoms with Crippen LogP contribution in [-0.2, 0) is 9.53 Å². The molecule has 124 valence electrons. The highest BCUT2D eigenvalue weighted by Gasteiger charge is 2.35. The van der Waals surface area contributed by atoms with Crippen molar-refractivity contribution in [2.24, 2.45) is 0 Å². The van der Waals surface area contributed by atoms with E-state index in [4.69, 9.17) is 22.7 Å². The number of nitrogens with two attached hydrogens (primary N) is 1. The molecule has 0 fully saturated rings. The van der Waals surface area contributed by atoms with Crippen LogP contribution in [0.15, 0.2) is 35.8 Å². The summed E-state index contributed by atoms with van der Waals surface area (Å²) in [5.74, 6) is 0.0634. The highest BCUT2D eigenvalue weighted by Crippen LogP contribution is 2.43. The molecule has 0 amide bonds. The minimum Gasteiger partial charge on any atom is -0.463 e. The summed E-state index contributed by atoms with van der Waals surface area (Å²) in [5.41, 5.74) is 8.77. The van der Waals surface area contributed by atoms with Crippen molar-refractivity contribution < 1.29 is 9.53 Å². The Kier molecular flexibility index (Phi) is 4.30. The Morgan fingerprint density at radius 2 is 2.29 bits per heavy atom. The van der Waals surface area contributed by atoms with Crippen molar-refractivity contribution in [3.63, 3.8) is 0 Å². The predicted molar refractivity (Wildman–Crippen MR) is 92.9 cm³/mol. The summed E-state index contributed by atoms with van der Waals surface area (Å²) in [4.78, 5) is 23.9. The first-order valence-electron chi connectivity index (χ1n) is 7.47. The zero-order valence-electron chi connectivity index (χ0n) is 13.3. The van der Waals surface area contributed by atoms with Crippen molar-refractivity contribution in [1.82, 2.24) is 15.0 Å². The van der Waals surface area contributed by atoms with Gasteiger partial charge in [0.1, 0.15) is 11.6 Å². The number of aromatic nitrogens is 3. The molecule has 0 saturated carbocycles. The molecule has 24 heavy (non-hydrogen) atoms. The Hall–Kier alpha value is -2.74. The van der Waals surface area contributed by atoms with Crippen LogP contribution in [0.3, 0.4) is 0 Å². The van der Waals surface area contributed by atoms with Crippen molar-refractivity contribution in [3.05, 3.63) is 51.7 Å². The normalized spacial score (nSPS) is 16.3. The van der Waals surface area contributed by atoms with Crippen LogP contribution in [0.5, 0.6) is 0 Å². The van der Waals surface area contributed by atoms with Gasteiger partial charge < -0.3 is 20.8 Å². The highest BCUT2D eigenvalue weighted by atomic mass is 32.1. The molecule has 1 unspecified atom stereocenters. The number of nitrogens with one attached hydrogen (secondary N) is 2. The number of hydrogen-bond acceptors (Lipinski definition) is 7. The number of allylic oxidation sites excluding steroid dienone is 1. The Morgan fingerprint density at radius 1 is 1.50 bits per heavy atom. The molecule has 0 spiro atoms. The molecule has 0 radical (unpaired) electrons. The SMILES string of the molecule is CCOC(=O)C1=C(C)Nc2nc(=S)[nH]c(N)c2C1c1cccnc1. The van der Waals surface area contributed by atoms with E-state index in [-0.39, 0.29) is 11.4 Å². The number of nitrogen functional groups attached to an aromatic ring is 1. The van der Waals surface area contributed by atoms with Gasteiger partial charge in [-0.3, -0.25) is 4.98 Å². The topological polar surface area (TPSA) is 106 Å². The minimum atomic E-state index is -0.437. The van der Waals surface area contributed by atoms with Crippen molar-refractivity contribution >= 4 is 29.8 Å². The van der Waals surface area contributed by atoms with Crippen LogP contribution in [0, 0.1) is 4.77 Å². The van der Waals surface area contributed by atoms with Gasteiger partial charge in [0.05, 0.1) is 18.1 Å². The van der Waals surface area contributed by atoms with Gasteiger partial charge in [0.15, 0.2) is 4.77 Å². The van der Waals surface area contributed by atoms with Crippen LogP contribution in [-0.4, -0.2) is 27.5 Å². The lowest BCUT2D eigenvalue weighted by molar-refractivity contribution is -0.138. The number of ether oxygens (including phenoxy) is 1. The van der Waals surface area contributed by atoms with Gasteiger partial charge in [-0.1, -0.05) is 6.07 Å². The molecule has 2 aromatic rings. The second kappa shape index (κ2) is 6.40. The number of carbonyl (C=O) groups excluding carboxylic acids is 1. The molecular formula is C16H17N5O2S. The average molecular weight is 343 g/mol. The van der Waals surface area contributed by atoms with Gasteiger partial charge in [-0.2, -0.15) is 0 Å². The van der Waals surface area contributed by atoms with E-state index in [0.717, 1.165) is 5.56 Å². The van der Waals surface area contributed by atoms with Gasteiger partial charge in [0.2, 0.25) is 0 Å². The minimum absolute atomic E-state index is 0.274. The summed E-state index contributed by atoms with van der Waals surface area (Å²) in [5, 5.41) is 3.11. The second-order valence-electron chi connectivity index (χ2n) is 5.32. The Balaban J connectivity index is 2.26. The quantitative estimate of drug-likeness (QED) is 0.581. The number of pyridine rings is 1. The van der Waals surface area contributed by atoms with E-state index in [1.165, 1.54) is 0 Å². The Morgan fingerprint density at radius 3 is 2.96 bits per heavy atom. The maximum Gasteiger partial charge on any atom is 0.336 e. The van der Waals surface area contributed by atoms with E-state index < -0.39 is 11.9 Å². The van der Waals surface area contributed by atoms with E-state index in [0.29, 0.717) is 28.5 Å². The van der Waals surface area contributed by atoms with E-state index in [9.17, 15) is 4.79 Å². The van der Waals surface area contributed by atoms with Crippen LogP contribution in [0.25, 0.3) is 0 Å². The largest absolute Gasteiger partial charge is 0.463 e. The van der Waals surface area contributed by atoms with Crippen molar-refractivity contribution in [1.29, 1.82) is 0 Å². The fourth-order valence-electron chi connectivity index (χ4n) is 2.85. The first-order chi connectivity index (χ1) is 11.5. The number of H-pyrrole nitrogens is 1. The Bertz CT molecular complexity index is 876. The lowest BCUT2D eigenvalue weighted by Crippen LogP contribution is -2.26. The molecule has 0 aromatic carbocycles. The molecule has 3 heterocycles. The van der Waals surface area contributed by atoms with Crippen molar-refractivity contribution in [2.75, 3.05) is 17.7 Å². The third kappa shape index (κ3) is 2.76. The smallest absolute Gasteiger partial charge is 0.336 e. The number of fused-ring (bicyclic) bond motifs is 1. The predicted octanol–water partition coefficient (Wildman–Crippen LogP) is 2.51. The second-order valence-corrected chi connectivity index (χ2v) is 5.71. The number of carbonyl (C=O) groups is 1. The molecule has 0 bridgehead atoms. The summed E-state index contributed by atoms with van der Waals surface area (Å²) in [6, 6.07) is 3.70. The molecule has 7 nitrogen and oxygen atoms in total. The molecule has 1 atom stereocenters. The molecular weight excluding hydrogens is 326 g/mol. The number of anilines is 2. The number of aromatic amines is 1. The van der Waals surface area contributed by atoms with Gasteiger partial charge in [-0.05, 0) is 37.7 Å². The fourth-order valence-corrected chi connectivity index (χ4v) is 3.05. The van der Waals surface area contributed by atoms with Gasteiger partial charge in [0.25, 0.3) is 0 Å². The third-order valence-corrected chi connectivity index (χ3v) is 3.99. The average Bonchev–Trinajstić information content (AvgIpc) is 2.54. The molecule has 0 saturated heterocycles. The van der Waals surface area contributed by atoms with Crippen LogP contribution < -0.4 is 11.1 Å². The first-order valence-corrected chi connectivity index (χ1v) is 7.88. The summed E-state index contributed by atoms with van der Waals surface area (Å²) >= 11 is 5.09. The molecule has 3 rings (SSSR count). The summed E-state index contributed by atoms with van der Waals surface area (Å²) < 4.78 is 5.51. The summed E-state index contributed by atoms with van der Waals surface area (Å²) in [6.45, 7) is 3.85. The van der Waals surface area contributed by atoms with Gasteiger partial charge in [0, 0.05) is 23.7 Å². The zero-order valence-corrected chi connectivity index (χ0v) is 14.1. The van der Waals surface area contributed by atoms with E-state index in [1.807, 2.05) is 12.1 Å². The number of esters is 1. The highest BCUT2D eigenvalue weighted by molar-refractivity contribution is 7.71. The lowest BCUT2D eigenvalue weighted by Gasteiger charge is -2.29. The number of rotatable bonds is 3. The molecule has 1 aliphatic rings.